The molecule has 108 valence electrons. The van der Waals surface area contributed by atoms with Gasteiger partial charge >= 0.3 is 5.97 Å². The van der Waals surface area contributed by atoms with Crippen LogP contribution in [0.5, 0.6) is 0 Å². The van der Waals surface area contributed by atoms with E-state index in [0.29, 0.717) is 45.3 Å². The van der Waals surface area contributed by atoms with Gasteiger partial charge in [-0.3, -0.25) is 9.59 Å². The van der Waals surface area contributed by atoms with Crippen LogP contribution in [0.25, 0.3) is 0 Å². The summed E-state index contributed by atoms with van der Waals surface area (Å²) in [4.78, 5) is 23.1. The molecule has 0 aromatic rings. The fourth-order valence-corrected chi connectivity index (χ4v) is 2.89. The first-order valence-corrected chi connectivity index (χ1v) is 6.80. The molecule has 2 aliphatic rings. The zero-order valence-corrected chi connectivity index (χ0v) is 10.9. The summed E-state index contributed by atoms with van der Waals surface area (Å²) >= 11 is 0. The van der Waals surface area contributed by atoms with E-state index in [1.807, 2.05) is 0 Å². The Labute approximate surface area is 112 Å². The number of nitrogens with one attached hydrogen (secondary N) is 1. The van der Waals surface area contributed by atoms with Gasteiger partial charge < -0.3 is 20.3 Å². The Morgan fingerprint density at radius 2 is 1.84 bits per heavy atom. The van der Waals surface area contributed by atoms with Crippen LogP contribution in [0.4, 0.5) is 0 Å². The molecule has 0 radical (unpaired) electrons. The Bertz CT molecular complexity index is 351. The summed E-state index contributed by atoms with van der Waals surface area (Å²) < 4.78 is 5.24. The molecule has 1 saturated carbocycles. The summed E-state index contributed by atoms with van der Waals surface area (Å²) in [6, 6.07) is 0. The van der Waals surface area contributed by atoms with E-state index in [9.17, 15) is 14.7 Å². The fraction of sp³-hybridized carbons (Fsp3) is 0.846. The third-order valence-corrected chi connectivity index (χ3v) is 4.29. The van der Waals surface area contributed by atoms with Crippen LogP contribution in [0.2, 0.25) is 0 Å². The summed E-state index contributed by atoms with van der Waals surface area (Å²) in [5, 5.41) is 21.4. The molecule has 3 N–H and O–H groups in total. The largest absolute Gasteiger partial charge is 0.481 e. The molecule has 2 unspecified atom stereocenters. The predicted molar refractivity (Wildman–Crippen MR) is 66.5 cm³/mol. The number of hydrogen-bond acceptors (Lipinski definition) is 4. The normalized spacial score (nSPS) is 29.9. The first-order chi connectivity index (χ1) is 9.06. The zero-order valence-electron chi connectivity index (χ0n) is 10.9. The molecule has 2 atom stereocenters. The van der Waals surface area contributed by atoms with Gasteiger partial charge in [0, 0.05) is 19.1 Å². The number of carboxylic acids is 1. The first-order valence-electron chi connectivity index (χ1n) is 6.80. The van der Waals surface area contributed by atoms with Gasteiger partial charge in [-0.05, 0) is 32.1 Å². The van der Waals surface area contributed by atoms with E-state index < -0.39 is 17.4 Å². The van der Waals surface area contributed by atoms with Crippen LogP contribution in [-0.4, -0.2) is 47.4 Å². The molecule has 2 fully saturated rings. The molecule has 6 heteroatoms. The molecule has 2 rings (SSSR count). The van der Waals surface area contributed by atoms with Crippen LogP contribution in [0.1, 0.15) is 32.1 Å². The second kappa shape index (κ2) is 5.88. The smallest absolute Gasteiger partial charge is 0.306 e. The Hall–Kier alpha value is -1.14. The highest BCUT2D eigenvalue weighted by Crippen LogP contribution is 2.32. The molecule has 6 nitrogen and oxygen atoms in total. The molecule has 0 aromatic heterocycles. The lowest BCUT2D eigenvalue weighted by molar-refractivity contribution is -0.141. The van der Waals surface area contributed by atoms with Gasteiger partial charge in [-0.2, -0.15) is 0 Å². The summed E-state index contributed by atoms with van der Waals surface area (Å²) in [5.41, 5.74) is -0.587. The zero-order chi connectivity index (χ0) is 13.9. The van der Waals surface area contributed by atoms with Crippen molar-refractivity contribution in [3.8, 4) is 0 Å². The fourth-order valence-electron chi connectivity index (χ4n) is 2.89. The lowest BCUT2D eigenvalue weighted by atomic mass is 9.90. The van der Waals surface area contributed by atoms with Crippen molar-refractivity contribution < 1.29 is 24.5 Å². The third kappa shape index (κ3) is 3.25. The van der Waals surface area contributed by atoms with E-state index in [4.69, 9.17) is 9.84 Å². The monoisotopic (exact) mass is 271 g/mol. The Morgan fingerprint density at radius 3 is 2.37 bits per heavy atom. The van der Waals surface area contributed by atoms with Crippen molar-refractivity contribution in [2.24, 2.45) is 11.8 Å². The van der Waals surface area contributed by atoms with Crippen molar-refractivity contribution in [1.29, 1.82) is 0 Å². The van der Waals surface area contributed by atoms with Crippen molar-refractivity contribution in [1.82, 2.24) is 5.32 Å². The van der Waals surface area contributed by atoms with Gasteiger partial charge in [0.1, 0.15) is 0 Å². The number of aliphatic hydroxyl groups excluding tert-OH is 1. The van der Waals surface area contributed by atoms with Crippen LogP contribution in [0.15, 0.2) is 0 Å². The minimum absolute atomic E-state index is 0.100. The maximum absolute atomic E-state index is 12.2. The lowest BCUT2D eigenvalue weighted by Gasteiger charge is -2.37. The van der Waals surface area contributed by atoms with E-state index in [2.05, 4.69) is 5.32 Å². The van der Waals surface area contributed by atoms with Crippen molar-refractivity contribution in [3.05, 3.63) is 0 Å². The molecule has 1 amide bonds. The van der Waals surface area contributed by atoms with Crippen LogP contribution in [0, 0.1) is 11.8 Å². The first kappa shape index (κ1) is 14.3. The SMILES string of the molecule is O=C(O)C1CCC(C(=O)NC2(CO)CCOCC2)C1. The second-order valence-corrected chi connectivity index (χ2v) is 5.59. The Balaban J connectivity index is 1.91. The van der Waals surface area contributed by atoms with Gasteiger partial charge in [-0.15, -0.1) is 0 Å². The number of amides is 1. The Kier molecular flexibility index (Phi) is 4.42. The van der Waals surface area contributed by atoms with Crippen LogP contribution in [-0.2, 0) is 14.3 Å². The maximum Gasteiger partial charge on any atom is 0.306 e. The van der Waals surface area contributed by atoms with Gasteiger partial charge in [0.05, 0.1) is 18.1 Å². The number of carboxylic acid groups (broad SMARTS) is 1. The van der Waals surface area contributed by atoms with Crippen molar-refractivity contribution in [2.45, 2.75) is 37.6 Å². The topological polar surface area (TPSA) is 95.9 Å². The van der Waals surface area contributed by atoms with E-state index in [0.717, 1.165) is 0 Å². The van der Waals surface area contributed by atoms with Gasteiger partial charge in [-0.25, -0.2) is 0 Å². The predicted octanol–water partition coefficient (Wildman–Crippen LogP) is 0.145. The molecule has 1 aliphatic heterocycles. The van der Waals surface area contributed by atoms with Crippen molar-refractivity contribution >= 4 is 11.9 Å². The van der Waals surface area contributed by atoms with Crippen molar-refractivity contribution in [3.63, 3.8) is 0 Å². The molecular formula is C13H21NO5. The number of hydrogen-bond donors (Lipinski definition) is 3. The number of carbonyl (C=O) groups excluding carboxylic acids is 1. The highest BCUT2D eigenvalue weighted by molar-refractivity contribution is 5.81. The van der Waals surface area contributed by atoms with E-state index in [1.54, 1.807) is 0 Å². The minimum atomic E-state index is -0.821. The minimum Gasteiger partial charge on any atom is -0.481 e. The molecule has 0 aromatic carbocycles. The molecular weight excluding hydrogens is 250 g/mol. The van der Waals surface area contributed by atoms with Crippen LogP contribution in [0.3, 0.4) is 0 Å². The highest BCUT2D eigenvalue weighted by Gasteiger charge is 2.39. The molecule has 1 heterocycles. The third-order valence-electron chi connectivity index (χ3n) is 4.29. The van der Waals surface area contributed by atoms with Gasteiger partial charge in [0.15, 0.2) is 0 Å². The van der Waals surface area contributed by atoms with Crippen LogP contribution >= 0.6 is 0 Å². The summed E-state index contributed by atoms with van der Waals surface area (Å²) in [7, 11) is 0. The van der Waals surface area contributed by atoms with Gasteiger partial charge in [0.25, 0.3) is 0 Å². The van der Waals surface area contributed by atoms with E-state index in [1.165, 1.54) is 0 Å². The average Bonchev–Trinajstić information content (AvgIpc) is 2.89. The van der Waals surface area contributed by atoms with E-state index >= 15 is 0 Å². The average molecular weight is 271 g/mol. The second-order valence-electron chi connectivity index (χ2n) is 5.59. The van der Waals surface area contributed by atoms with Gasteiger partial charge in [0.2, 0.25) is 5.91 Å². The highest BCUT2D eigenvalue weighted by atomic mass is 16.5. The van der Waals surface area contributed by atoms with E-state index in [-0.39, 0.29) is 18.4 Å². The number of rotatable bonds is 4. The number of aliphatic hydroxyl groups is 1. The molecule has 0 bridgehead atoms. The molecule has 1 saturated heterocycles. The van der Waals surface area contributed by atoms with Gasteiger partial charge in [-0.1, -0.05) is 0 Å². The summed E-state index contributed by atoms with van der Waals surface area (Å²) in [5.74, 6) is -1.60. The molecule has 1 aliphatic carbocycles. The van der Waals surface area contributed by atoms with Crippen LogP contribution < -0.4 is 5.32 Å². The van der Waals surface area contributed by atoms with Crippen molar-refractivity contribution in [2.75, 3.05) is 19.8 Å². The molecule has 0 spiro atoms. The Morgan fingerprint density at radius 1 is 1.21 bits per heavy atom. The molecule has 19 heavy (non-hydrogen) atoms. The number of carbonyl (C=O) groups is 2. The standard InChI is InChI=1S/C13H21NO5/c15-8-13(3-5-19-6-4-13)14-11(16)9-1-2-10(7-9)12(17)18/h9-10,15H,1-8H2,(H,14,16)(H,17,18). The maximum atomic E-state index is 12.2. The number of aliphatic carboxylic acids is 1. The lowest BCUT2D eigenvalue weighted by Crippen LogP contribution is -2.55. The number of ether oxygens (including phenoxy) is 1. The summed E-state index contributed by atoms with van der Waals surface area (Å²) in [6.45, 7) is 0.962. The quantitative estimate of drug-likeness (QED) is 0.676. The summed E-state index contributed by atoms with van der Waals surface area (Å²) in [6.07, 6.45) is 2.78.